The fourth-order valence-corrected chi connectivity index (χ4v) is 2.44. The molecule has 2 rings (SSSR count). The average Bonchev–Trinajstić information content (AvgIpc) is 2.63. The number of aryl methyl sites for hydroxylation is 1. The number of halogens is 1. The number of rotatable bonds is 7. The van der Waals surface area contributed by atoms with Crippen LogP contribution in [0.3, 0.4) is 0 Å². The van der Waals surface area contributed by atoms with E-state index in [1.165, 1.54) is 13.3 Å². The maximum Gasteiger partial charge on any atom is 0.275 e. The Kier molecular flexibility index (Phi) is 7.04. The minimum absolute atomic E-state index is 0.0933. The summed E-state index contributed by atoms with van der Waals surface area (Å²) in [6.45, 7) is 5.96. The van der Waals surface area contributed by atoms with Gasteiger partial charge in [-0.1, -0.05) is 24.6 Å². The van der Waals surface area contributed by atoms with Gasteiger partial charge in [-0.15, -0.1) is 0 Å². The van der Waals surface area contributed by atoms with E-state index in [1.807, 2.05) is 32.9 Å². The van der Waals surface area contributed by atoms with Crippen molar-refractivity contribution in [2.45, 2.75) is 33.3 Å². The molecule has 1 amide bonds. The molecule has 0 aliphatic carbocycles. The largest absolute Gasteiger partial charge is 0.496 e. The summed E-state index contributed by atoms with van der Waals surface area (Å²) >= 11 is 6.23. The molecule has 0 saturated heterocycles. The highest BCUT2D eigenvalue weighted by molar-refractivity contribution is 6.32. The molecule has 0 aliphatic rings. The molecule has 2 aromatic carbocycles. The summed E-state index contributed by atoms with van der Waals surface area (Å²) in [7, 11) is 1.53. The van der Waals surface area contributed by atoms with E-state index in [1.54, 1.807) is 24.3 Å². The summed E-state index contributed by atoms with van der Waals surface area (Å²) in [6, 6.07) is 10.7. The number of carbonyl (C=O) groups excluding carboxylic acids is 1. The number of hydrogen-bond acceptors (Lipinski definition) is 4. The zero-order valence-electron chi connectivity index (χ0n) is 15.4. The summed E-state index contributed by atoms with van der Waals surface area (Å²) in [5.41, 5.74) is 4.68. The van der Waals surface area contributed by atoms with E-state index in [-0.39, 0.29) is 12.0 Å². The van der Waals surface area contributed by atoms with Crippen molar-refractivity contribution in [3.05, 3.63) is 58.1 Å². The number of hydrazone groups is 1. The van der Waals surface area contributed by atoms with E-state index >= 15 is 0 Å². The molecule has 2 aromatic rings. The SMILES string of the molecule is CC[C@H](C)Oc1ccc(/C=N\NC(=O)c2ccc(C)cc2OC)cc1Cl. The molecule has 0 bridgehead atoms. The highest BCUT2D eigenvalue weighted by Crippen LogP contribution is 2.26. The number of benzene rings is 2. The molecule has 138 valence electrons. The summed E-state index contributed by atoms with van der Waals surface area (Å²) in [5.74, 6) is 0.791. The van der Waals surface area contributed by atoms with E-state index in [0.29, 0.717) is 22.1 Å². The molecule has 6 heteroatoms. The lowest BCUT2D eigenvalue weighted by atomic mass is 10.1. The van der Waals surface area contributed by atoms with Crippen LogP contribution in [0.2, 0.25) is 5.02 Å². The quantitative estimate of drug-likeness (QED) is 0.569. The van der Waals surface area contributed by atoms with Crippen molar-refractivity contribution < 1.29 is 14.3 Å². The van der Waals surface area contributed by atoms with Crippen molar-refractivity contribution in [2.24, 2.45) is 5.10 Å². The van der Waals surface area contributed by atoms with Gasteiger partial charge < -0.3 is 9.47 Å². The second-order valence-electron chi connectivity index (χ2n) is 5.93. The van der Waals surface area contributed by atoms with Crippen LogP contribution < -0.4 is 14.9 Å². The number of nitrogens with zero attached hydrogens (tertiary/aromatic N) is 1. The van der Waals surface area contributed by atoms with Gasteiger partial charge in [-0.25, -0.2) is 5.43 Å². The molecule has 0 saturated carbocycles. The predicted molar refractivity (Wildman–Crippen MR) is 105 cm³/mol. The van der Waals surface area contributed by atoms with Crippen LogP contribution in [0.15, 0.2) is 41.5 Å². The molecule has 0 heterocycles. The number of carbonyl (C=O) groups is 1. The van der Waals surface area contributed by atoms with E-state index < -0.39 is 0 Å². The fourth-order valence-electron chi connectivity index (χ4n) is 2.20. The summed E-state index contributed by atoms with van der Waals surface area (Å²) in [6.07, 6.45) is 2.52. The number of methoxy groups -OCH3 is 1. The Morgan fingerprint density at radius 1 is 1.27 bits per heavy atom. The molecular formula is C20H23ClN2O3. The Hall–Kier alpha value is -2.53. The number of hydrogen-bond donors (Lipinski definition) is 1. The second kappa shape index (κ2) is 9.25. The monoisotopic (exact) mass is 374 g/mol. The second-order valence-corrected chi connectivity index (χ2v) is 6.34. The number of nitrogens with one attached hydrogen (secondary N) is 1. The van der Waals surface area contributed by atoms with Crippen molar-refractivity contribution in [2.75, 3.05) is 7.11 Å². The van der Waals surface area contributed by atoms with Gasteiger partial charge in [-0.2, -0.15) is 5.10 Å². The minimum atomic E-state index is -0.346. The van der Waals surface area contributed by atoms with Crippen LogP contribution in [-0.2, 0) is 0 Å². The van der Waals surface area contributed by atoms with Crippen LogP contribution >= 0.6 is 11.6 Å². The Bertz CT molecular complexity index is 806. The van der Waals surface area contributed by atoms with Crippen LogP contribution in [0.5, 0.6) is 11.5 Å². The first-order valence-corrected chi connectivity index (χ1v) is 8.76. The highest BCUT2D eigenvalue weighted by atomic mass is 35.5. The molecule has 0 radical (unpaired) electrons. The first-order chi connectivity index (χ1) is 12.4. The van der Waals surface area contributed by atoms with Gasteiger partial charge in [0.15, 0.2) is 0 Å². The smallest absolute Gasteiger partial charge is 0.275 e. The van der Waals surface area contributed by atoms with E-state index in [2.05, 4.69) is 10.5 Å². The Morgan fingerprint density at radius 2 is 2.04 bits per heavy atom. The molecule has 0 aromatic heterocycles. The van der Waals surface area contributed by atoms with Crippen LogP contribution in [0, 0.1) is 6.92 Å². The Morgan fingerprint density at radius 3 is 2.69 bits per heavy atom. The average molecular weight is 375 g/mol. The van der Waals surface area contributed by atoms with Gasteiger partial charge in [0.25, 0.3) is 5.91 Å². The lowest BCUT2D eigenvalue weighted by Gasteiger charge is -2.13. The molecular weight excluding hydrogens is 352 g/mol. The molecule has 0 fully saturated rings. The molecule has 5 nitrogen and oxygen atoms in total. The lowest BCUT2D eigenvalue weighted by Crippen LogP contribution is -2.18. The fraction of sp³-hybridized carbons (Fsp3) is 0.300. The van der Waals surface area contributed by atoms with Crippen molar-refractivity contribution in [1.82, 2.24) is 5.43 Å². The normalized spacial score (nSPS) is 12.0. The zero-order valence-corrected chi connectivity index (χ0v) is 16.1. The molecule has 26 heavy (non-hydrogen) atoms. The molecule has 0 unspecified atom stereocenters. The topological polar surface area (TPSA) is 59.9 Å². The van der Waals surface area contributed by atoms with E-state index in [4.69, 9.17) is 21.1 Å². The predicted octanol–water partition coefficient (Wildman–Crippen LogP) is 4.60. The van der Waals surface area contributed by atoms with Gasteiger partial charge in [0.1, 0.15) is 11.5 Å². The van der Waals surface area contributed by atoms with Gasteiger partial charge in [0, 0.05) is 0 Å². The van der Waals surface area contributed by atoms with Crippen LogP contribution in [0.4, 0.5) is 0 Å². The maximum atomic E-state index is 12.3. The first kappa shape index (κ1) is 19.8. The van der Waals surface area contributed by atoms with Crippen molar-refractivity contribution in [3.63, 3.8) is 0 Å². The van der Waals surface area contributed by atoms with Crippen molar-refractivity contribution >= 4 is 23.7 Å². The third-order valence-corrected chi connectivity index (χ3v) is 4.14. The Balaban J connectivity index is 2.04. The summed E-state index contributed by atoms with van der Waals surface area (Å²) in [5, 5.41) is 4.48. The Labute approximate surface area is 159 Å². The van der Waals surface area contributed by atoms with Crippen LogP contribution in [0.25, 0.3) is 0 Å². The molecule has 1 atom stereocenters. The molecule has 0 aliphatic heterocycles. The van der Waals surface area contributed by atoms with Crippen LogP contribution in [-0.4, -0.2) is 25.3 Å². The highest BCUT2D eigenvalue weighted by Gasteiger charge is 2.11. The first-order valence-electron chi connectivity index (χ1n) is 8.38. The third kappa shape index (κ3) is 5.23. The van der Waals surface area contributed by atoms with Gasteiger partial charge in [-0.05, 0) is 61.7 Å². The van der Waals surface area contributed by atoms with Gasteiger partial charge in [-0.3, -0.25) is 4.79 Å². The van der Waals surface area contributed by atoms with Gasteiger partial charge in [0.05, 0.1) is 30.0 Å². The zero-order chi connectivity index (χ0) is 19.1. The van der Waals surface area contributed by atoms with Gasteiger partial charge in [0.2, 0.25) is 0 Å². The minimum Gasteiger partial charge on any atom is -0.496 e. The third-order valence-electron chi connectivity index (χ3n) is 3.84. The van der Waals surface area contributed by atoms with Crippen molar-refractivity contribution in [1.29, 1.82) is 0 Å². The van der Waals surface area contributed by atoms with Crippen molar-refractivity contribution in [3.8, 4) is 11.5 Å². The lowest BCUT2D eigenvalue weighted by molar-refractivity contribution is 0.0952. The van der Waals surface area contributed by atoms with E-state index in [0.717, 1.165) is 17.5 Å². The summed E-state index contributed by atoms with van der Waals surface area (Å²) < 4.78 is 11.0. The van der Waals surface area contributed by atoms with Crippen LogP contribution in [0.1, 0.15) is 41.8 Å². The molecule has 1 N–H and O–H groups in total. The number of ether oxygens (including phenoxy) is 2. The molecule has 0 spiro atoms. The van der Waals surface area contributed by atoms with E-state index in [9.17, 15) is 4.79 Å². The number of amides is 1. The maximum absolute atomic E-state index is 12.3. The summed E-state index contributed by atoms with van der Waals surface area (Å²) in [4.78, 5) is 12.3. The standard InChI is InChI=1S/C20H23ClN2O3/c1-5-14(3)26-18-9-7-15(11-17(18)21)12-22-23-20(24)16-8-6-13(2)10-19(16)25-4/h6-12,14H,5H2,1-4H3,(H,23,24)/b22-12-/t14-/m0/s1. The van der Waals surface area contributed by atoms with Gasteiger partial charge >= 0.3 is 0 Å².